The van der Waals surface area contributed by atoms with Gasteiger partial charge in [-0.05, 0) is 29.7 Å². The Hall–Kier alpha value is -0.710. The van der Waals surface area contributed by atoms with Crippen LogP contribution in [0.2, 0.25) is 5.02 Å². The lowest BCUT2D eigenvalue weighted by molar-refractivity contribution is 1.14. The number of nitrogens with zero attached hydrogens (tertiary/aromatic N) is 1. The van der Waals surface area contributed by atoms with Gasteiger partial charge in [0.15, 0.2) is 4.77 Å². The van der Waals surface area contributed by atoms with Crippen molar-refractivity contribution in [1.29, 1.82) is 0 Å². The maximum Gasteiger partial charge on any atom is 0.197 e. The number of aromatic nitrogens is 2. The monoisotopic (exact) mass is 228 g/mol. The van der Waals surface area contributed by atoms with Gasteiger partial charge in [0, 0.05) is 6.20 Å². The van der Waals surface area contributed by atoms with Crippen LogP contribution >= 0.6 is 35.2 Å². The molecule has 0 unspecified atom stereocenters. The minimum absolute atomic E-state index is 0.474. The average molecular weight is 229 g/mol. The Kier molecular flexibility index (Phi) is 2.44. The van der Waals surface area contributed by atoms with Gasteiger partial charge < -0.3 is 4.98 Å². The summed E-state index contributed by atoms with van der Waals surface area (Å²) in [5.41, 5.74) is 0.917. The van der Waals surface area contributed by atoms with Gasteiger partial charge in [0.05, 0.1) is 15.6 Å². The van der Waals surface area contributed by atoms with E-state index in [1.165, 1.54) is 0 Å². The lowest BCUT2D eigenvalue weighted by Gasteiger charge is -1.97. The number of rotatable bonds is 1. The highest BCUT2D eigenvalue weighted by Gasteiger charge is 2.04. The van der Waals surface area contributed by atoms with Crippen molar-refractivity contribution in [2.75, 3.05) is 0 Å². The minimum atomic E-state index is 0.474. The van der Waals surface area contributed by atoms with Crippen LogP contribution in [0.1, 0.15) is 0 Å². The van der Waals surface area contributed by atoms with E-state index in [9.17, 15) is 0 Å². The molecule has 0 aliphatic heterocycles. The van der Waals surface area contributed by atoms with Gasteiger partial charge in [-0.1, -0.05) is 11.6 Å². The summed E-state index contributed by atoms with van der Waals surface area (Å²) in [6, 6.07) is 3.71. The van der Waals surface area contributed by atoms with E-state index in [0.29, 0.717) is 4.77 Å². The van der Waals surface area contributed by atoms with E-state index in [-0.39, 0.29) is 0 Å². The third kappa shape index (κ3) is 1.80. The van der Waals surface area contributed by atoms with Crippen LogP contribution in [0.15, 0.2) is 23.7 Å². The van der Waals surface area contributed by atoms with Gasteiger partial charge in [-0.15, -0.1) is 11.3 Å². The molecule has 2 heterocycles. The highest BCUT2D eigenvalue weighted by molar-refractivity contribution is 7.71. The van der Waals surface area contributed by atoms with Crippen LogP contribution < -0.4 is 0 Å². The number of halogens is 1. The predicted octanol–water partition coefficient (Wildman–Crippen LogP) is 3.52. The summed E-state index contributed by atoms with van der Waals surface area (Å²) < 4.78 is 0.474. The smallest absolute Gasteiger partial charge is 0.197 e. The fraction of sp³-hybridized carbons (Fsp3) is 0. The third-order valence-corrected chi connectivity index (χ3v) is 3.12. The Balaban J connectivity index is 2.59. The number of aromatic amines is 1. The molecule has 5 heteroatoms. The molecule has 1 N–H and O–H groups in total. The molecule has 0 aromatic carbocycles. The zero-order valence-corrected chi connectivity index (χ0v) is 8.84. The fourth-order valence-electron chi connectivity index (χ4n) is 0.987. The first-order valence-electron chi connectivity index (χ1n) is 3.56. The van der Waals surface area contributed by atoms with Crippen molar-refractivity contribution in [1.82, 2.24) is 9.97 Å². The Bertz CT molecular complexity index is 475. The Labute approximate surface area is 89.2 Å². The van der Waals surface area contributed by atoms with Crippen LogP contribution in [-0.2, 0) is 0 Å². The molecule has 0 bridgehead atoms. The van der Waals surface area contributed by atoms with Crippen molar-refractivity contribution >= 4 is 35.2 Å². The standard InChI is InChI=1S/C8H5ClN2S2/c9-5-2-4-13-7(5)6-1-3-10-8(12)11-6/h1-4H,(H,10,11,12). The second-order valence-electron chi connectivity index (χ2n) is 2.39. The Morgan fingerprint density at radius 3 is 2.92 bits per heavy atom. The molecule has 2 aromatic heterocycles. The van der Waals surface area contributed by atoms with Crippen molar-refractivity contribution < 1.29 is 0 Å². The molecule has 0 aliphatic carbocycles. The molecule has 2 aromatic rings. The third-order valence-electron chi connectivity index (χ3n) is 1.54. The van der Waals surface area contributed by atoms with Crippen molar-refractivity contribution in [3.05, 3.63) is 33.5 Å². The zero-order chi connectivity index (χ0) is 9.26. The summed E-state index contributed by atoms with van der Waals surface area (Å²) in [6.45, 7) is 0. The van der Waals surface area contributed by atoms with Gasteiger partial charge in [0.25, 0.3) is 0 Å². The molecule has 0 fully saturated rings. The van der Waals surface area contributed by atoms with Gasteiger partial charge in [0.2, 0.25) is 0 Å². The lowest BCUT2D eigenvalue weighted by Crippen LogP contribution is -1.83. The Morgan fingerprint density at radius 2 is 2.31 bits per heavy atom. The van der Waals surface area contributed by atoms with E-state index in [1.807, 2.05) is 17.5 Å². The Morgan fingerprint density at radius 1 is 1.46 bits per heavy atom. The second kappa shape index (κ2) is 3.57. The largest absolute Gasteiger partial charge is 0.330 e. The van der Waals surface area contributed by atoms with E-state index < -0.39 is 0 Å². The van der Waals surface area contributed by atoms with Crippen LogP contribution in [0.3, 0.4) is 0 Å². The summed E-state index contributed by atoms with van der Waals surface area (Å²) in [5.74, 6) is 0. The number of hydrogen-bond acceptors (Lipinski definition) is 3. The first-order valence-corrected chi connectivity index (χ1v) is 5.22. The fourth-order valence-corrected chi connectivity index (χ4v) is 2.30. The summed E-state index contributed by atoms with van der Waals surface area (Å²) in [7, 11) is 0. The molecular formula is C8H5ClN2S2. The molecule has 0 saturated carbocycles. The number of hydrogen-bond donors (Lipinski definition) is 1. The number of H-pyrrole nitrogens is 1. The van der Waals surface area contributed by atoms with Crippen molar-refractivity contribution in [3.63, 3.8) is 0 Å². The molecule has 13 heavy (non-hydrogen) atoms. The molecule has 0 radical (unpaired) electrons. The average Bonchev–Trinajstić information content (AvgIpc) is 2.51. The zero-order valence-electron chi connectivity index (χ0n) is 6.45. The SMILES string of the molecule is S=c1nccc(-c2sccc2Cl)[nH]1. The molecule has 0 atom stereocenters. The van der Waals surface area contributed by atoms with Gasteiger partial charge in [-0.2, -0.15) is 0 Å². The van der Waals surface area contributed by atoms with Crippen LogP contribution in [0.4, 0.5) is 0 Å². The molecule has 0 saturated heterocycles. The minimum Gasteiger partial charge on any atom is -0.330 e. The molecule has 0 amide bonds. The van der Waals surface area contributed by atoms with E-state index in [1.54, 1.807) is 17.5 Å². The van der Waals surface area contributed by atoms with Crippen molar-refractivity contribution in [2.24, 2.45) is 0 Å². The maximum absolute atomic E-state index is 5.96. The quantitative estimate of drug-likeness (QED) is 0.757. The number of nitrogens with one attached hydrogen (secondary N) is 1. The maximum atomic E-state index is 5.96. The predicted molar refractivity (Wildman–Crippen MR) is 57.7 cm³/mol. The van der Waals surface area contributed by atoms with Gasteiger partial charge in [-0.3, -0.25) is 0 Å². The molecule has 0 spiro atoms. The van der Waals surface area contributed by atoms with E-state index in [0.717, 1.165) is 15.6 Å². The molecule has 0 aliphatic rings. The molecular weight excluding hydrogens is 224 g/mol. The summed E-state index contributed by atoms with van der Waals surface area (Å²) in [4.78, 5) is 7.88. The summed E-state index contributed by atoms with van der Waals surface area (Å²) >= 11 is 12.4. The van der Waals surface area contributed by atoms with E-state index >= 15 is 0 Å². The summed E-state index contributed by atoms with van der Waals surface area (Å²) in [6.07, 6.45) is 1.67. The first kappa shape index (κ1) is 8.87. The molecule has 2 rings (SSSR count). The first-order chi connectivity index (χ1) is 6.27. The van der Waals surface area contributed by atoms with Crippen LogP contribution in [-0.4, -0.2) is 9.97 Å². The van der Waals surface area contributed by atoms with Gasteiger partial charge in [0.1, 0.15) is 0 Å². The topological polar surface area (TPSA) is 28.7 Å². The highest BCUT2D eigenvalue weighted by atomic mass is 35.5. The van der Waals surface area contributed by atoms with E-state index in [4.69, 9.17) is 23.8 Å². The van der Waals surface area contributed by atoms with Crippen LogP contribution in [0.5, 0.6) is 0 Å². The lowest BCUT2D eigenvalue weighted by atomic mass is 10.3. The van der Waals surface area contributed by atoms with Crippen molar-refractivity contribution in [2.45, 2.75) is 0 Å². The van der Waals surface area contributed by atoms with Crippen LogP contribution in [0.25, 0.3) is 10.6 Å². The van der Waals surface area contributed by atoms with Gasteiger partial charge in [-0.25, -0.2) is 4.98 Å². The second-order valence-corrected chi connectivity index (χ2v) is 4.10. The molecule has 66 valence electrons. The number of thiophene rings is 1. The molecule has 2 nitrogen and oxygen atoms in total. The highest BCUT2D eigenvalue weighted by Crippen LogP contribution is 2.31. The normalized spacial score (nSPS) is 10.2. The van der Waals surface area contributed by atoms with Crippen LogP contribution in [0, 0.1) is 4.77 Å². The van der Waals surface area contributed by atoms with E-state index in [2.05, 4.69) is 9.97 Å². The van der Waals surface area contributed by atoms with Crippen molar-refractivity contribution in [3.8, 4) is 10.6 Å². The summed E-state index contributed by atoms with van der Waals surface area (Å²) in [5, 5.41) is 2.68. The van der Waals surface area contributed by atoms with Gasteiger partial charge >= 0.3 is 0 Å².